The van der Waals surface area contributed by atoms with E-state index in [2.05, 4.69) is 4.98 Å². The maximum absolute atomic E-state index is 12.4. The van der Waals surface area contributed by atoms with Gasteiger partial charge < -0.3 is 10.3 Å². The molecule has 0 atom stereocenters. The van der Waals surface area contributed by atoms with Gasteiger partial charge in [0.25, 0.3) is 0 Å². The number of nitrogens with zero attached hydrogens (tertiary/aromatic N) is 2. The highest BCUT2D eigenvalue weighted by Crippen LogP contribution is 2.29. The third kappa shape index (κ3) is 2.72. The van der Waals surface area contributed by atoms with E-state index < -0.39 is 11.7 Å². The number of anilines is 1. The number of alkyl halides is 3. The van der Waals surface area contributed by atoms with Crippen molar-refractivity contribution in [2.24, 2.45) is 7.05 Å². The van der Waals surface area contributed by atoms with Gasteiger partial charge in [0.2, 0.25) is 0 Å². The van der Waals surface area contributed by atoms with Gasteiger partial charge in [0.05, 0.1) is 11.3 Å². The molecule has 1 aromatic carbocycles. The molecular formula is C13H14F3N3. The van der Waals surface area contributed by atoms with Gasteiger partial charge in [-0.2, -0.15) is 13.2 Å². The van der Waals surface area contributed by atoms with Crippen molar-refractivity contribution in [3.63, 3.8) is 0 Å². The van der Waals surface area contributed by atoms with E-state index in [0.717, 1.165) is 29.1 Å². The first-order chi connectivity index (χ1) is 8.79. The van der Waals surface area contributed by atoms with Crippen molar-refractivity contribution in [3.05, 3.63) is 46.8 Å². The predicted octanol–water partition coefficient (Wildman–Crippen LogP) is 2.92. The summed E-state index contributed by atoms with van der Waals surface area (Å²) in [6.45, 7) is 1.88. The molecule has 1 aromatic heterocycles. The molecule has 0 bridgehead atoms. The van der Waals surface area contributed by atoms with E-state index in [1.54, 1.807) is 11.6 Å². The van der Waals surface area contributed by atoms with Crippen LogP contribution in [-0.4, -0.2) is 9.55 Å². The summed E-state index contributed by atoms with van der Waals surface area (Å²) < 4.78 is 39.1. The first kappa shape index (κ1) is 13.5. The van der Waals surface area contributed by atoms with Gasteiger partial charge >= 0.3 is 6.18 Å². The van der Waals surface area contributed by atoms with Crippen molar-refractivity contribution in [1.82, 2.24) is 9.55 Å². The molecule has 1 heterocycles. The van der Waals surface area contributed by atoms with Crippen LogP contribution >= 0.6 is 0 Å². The van der Waals surface area contributed by atoms with Crippen LogP contribution in [0.3, 0.4) is 0 Å². The Morgan fingerprint density at radius 2 is 1.79 bits per heavy atom. The van der Waals surface area contributed by atoms with Crippen molar-refractivity contribution in [1.29, 1.82) is 0 Å². The Balaban J connectivity index is 2.22. The first-order valence-corrected chi connectivity index (χ1v) is 5.73. The highest BCUT2D eigenvalue weighted by molar-refractivity contribution is 5.33. The van der Waals surface area contributed by atoms with Gasteiger partial charge in [-0.25, -0.2) is 4.98 Å². The predicted molar refractivity (Wildman–Crippen MR) is 66.6 cm³/mol. The number of nitrogen functional groups attached to an aromatic ring is 1. The minimum Gasteiger partial charge on any atom is -0.369 e. The molecule has 0 aliphatic rings. The zero-order valence-corrected chi connectivity index (χ0v) is 10.6. The maximum atomic E-state index is 12.4. The molecule has 0 aliphatic carbocycles. The summed E-state index contributed by atoms with van der Waals surface area (Å²) in [5, 5.41) is 0. The Kier molecular flexibility index (Phi) is 3.26. The molecule has 2 N–H and O–H groups in total. The van der Waals surface area contributed by atoms with E-state index in [-0.39, 0.29) is 0 Å². The fourth-order valence-electron chi connectivity index (χ4n) is 1.83. The summed E-state index contributed by atoms with van der Waals surface area (Å²) in [6, 6.07) is 5.09. The highest BCUT2D eigenvalue weighted by Gasteiger charge is 2.29. The van der Waals surface area contributed by atoms with Crippen molar-refractivity contribution in [2.75, 3.05) is 5.73 Å². The summed E-state index contributed by atoms with van der Waals surface area (Å²) in [6.07, 6.45) is -3.83. The quantitative estimate of drug-likeness (QED) is 0.911. The number of imidazole rings is 1. The zero-order valence-electron chi connectivity index (χ0n) is 10.6. The minimum absolute atomic E-state index is 0.402. The van der Waals surface area contributed by atoms with E-state index in [1.807, 2.05) is 6.92 Å². The molecule has 19 heavy (non-hydrogen) atoms. The van der Waals surface area contributed by atoms with E-state index in [4.69, 9.17) is 5.73 Å². The van der Waals surface area contributed by atoms with Crippen LogP contribution in [0.15, 0.2) is 24.3 Å². The number of hydrogen-bond acceptors (Lipinski definition) is 2. The standard InChI is InChI=1S/C13H14F3N3/c1-8-11(18-12(17)19(8)2)7-9-3-5-10(6-4-9)13(14,15)16/h3-6H,7H2,1-2H3,(H2,17,18). The summed E-state index contributed by atoms with van der Waals surface area (Å²) in [7, 11) is 1.80. The first-order valence-electron chi connectivity index (χ1n) is 5.73. The smallest absolute Gasteiger partial charge is 0.369 e. The third-order valence-corrected chi connectivity index (χ3v) is 3.17. The van der Waals surface area contributed by atoms with E-state index in [0.29, 0.717) is 12.4 Å². The number of hydrogen-bond donors (Lipinski definition) is 1. The van der Waals surface area contributed by atoms with Gasteiger partial charge in [-0.1, -0.05) is 12.1 Å². The Labute approximate surface area is 108 Å². The Morgan fingerprint density at radius 3 is 2.21 bits per heavy atom. The van der Waals surface area contributed by atoms with Crippen LogP contribution < -0.4 is 5.73 Å². The molecule has 0 unspecified atom stereocenters. The van der Waals surface area contributed by atoms with E-state index in [9.17, 15) is 13.2 Å². The van der Waals surface area contributed by atoms with E-state index >= 15 is 0 Å². The molecule has 2 aromatic rings. The molecule has 0 fully saturated rings. The zero-order chi connectivity index (χ0) is 14.2. The lowest BCUT2D eigenvalue weighted by Gasteiger charge is -2.07. The fraction of sp³-hybridized carbons (Fsp3) is 0.308. The summed E-state index contributed by atoms with van der Waals surface area (Å²) in [4.78, 5) is 4.19. The molecule has 0 amide bonds. The molecule has 0 saturated heterocycles. The lowest BCUT2D eigenvalue weighted by molar-refractivity contribution is -0.137. The molecule has 6 heteroatoms. The largest absolute Gasteiger partial charge is 0.416 e. The van der Waals surface area contributed by atoms with Gasteiger partial charge in [0, 0.05) is 19.2 Å². The summed E-state index contributed by atoms with van der Waals surface area (Å²) in [5.41, 5.74) is 7.50. The lowest BCUT2D eigenvalue weighted by atomic mass is 10.1. The van der Waals surface area contributed by atoms with Crippen LogP contribution in [0, 0.1) is 6.92 Å². The van der Waals surface area contributed by atoms with E-state index in [1.165, 1.54) is 12.1 Å². The van der Waals surface area contributed by atoms with Gasteiger partial charge in [-0.15, -0.1) is 0 Å². The molecular weight excluding hydrogens is 255 g/mol. The number of benzene rings is 1. The number of nitrogens with two attached hydrogens (primary N) is 1. The number of halogens is 3. The average molecular weight is 269 g/mol. The Bertz CT molecular complexity index is 582. The minimum atomic E-state index is -4.30. The third-order valence-electron chi connectivity index (χ3n) is 3.17. The van der Waals surface area contributed by atoms with Gasteiger partial charge in [-0.05, 0) is 24.6 Å². The maximum Gasteiger partial charge on any atom is 0.416 e. The Hall–Kier alpha value is -1.98. The SMILES string of the molecule is Cc1c(Cc2ccc(C(F)(F)F)cc2)nc(N)n1C. The molecule has 0 saturated carbocycles. The van der Waals surface area contributed by atoms with Crippen LogP contribution in [0.25, 0.3) is 0 Å². The lowest BCUT2D eigenvalue weighted by Crippen LogP contribution is -2.04. The normalized spacial score (nSPS) is 11.8. The molecule has 3 nitrogen and oxygen atoms in total. The second-order valence-electron chi connectivity index (χ2n) is 4.43. The van der Waals surface area contributed by atoms with Gasteiger partial charge in [0.1, 0.15) is 0 Å². The average Bonchev–Trinajstić information content (AvgIpc) is 2.57. The Morgan fingerprint density at radius 1 is 1.21 bits per heavy atom. The van der Waals surface area contributed by atoms with Crippen molar-refractivity contribution in [3.8, 4) is 0 Å². The second kappa shape index (κ2) is 4.60. The molecule has 102 valence electrons. The van der Waals surface area contributed by atoms with Crippen molar-refractivity contribution in [2.45, 2.75) is 19.5 Å². The second-order valence-corrected chi connectivity index (χ2v) is 4.43. The molecule has 2 rings (SSSR count). The van der Waals surface area contributed by atoms with Crippen molar-refractivity contribution < 1.29 is 13.2 Å². The summed E-state index contributed by atoms with van der Waals surface area (Å²) >= 11 is 0. The highest BCUT2D eigenvalue weighted by atomic mass is 19.4. The van der Waals surface area contributed by atoms with Crippen LogP contribution in [0.2, 0.25) is 0 Å². The van der Waals surface area contributed by atoms with Gasteiger partial charge in [0.15, 0.2) is 5.95 Å². The molecule has 0 aliphatic heterocycles. The number of rotatable bonds is 2. The van der Waals surface area contributed by atoms with Crippen LogP contribution in [-0.2, 0) is 19.6 Å². The molecule has 0 spiro atoms. The summed E-state index contributed by atoms with van der Waals surface area (Å²) in [5.74, 6) is 0.402. The van der Waals surface area contributed by atoms with Crippen molar-refractivity contribution >= 4 is 5.95 Å². The fourth-order valence-corrected chi connectivity index (χ4v) is 1.83. The number of aromatic nitrogens is 2. The topological polar surface area (TPSA) is 43.8 Å². The van der Waals surface area contributed by atoms with Crippen LogP contribution in [0.5, 0.6) is 0 Å². The molecule has 0 radical (unpaired) electrons. The monoisotopic (exact) mass is 269 g/mol. The van der Waals surface area contributed by atoms with Crippen LogP contribution in [0.4, 0.5) is 19.1 Å². The van der Waals surface area contributed by atoms with Gasteiger partial charge in [-0.3, -0.25) is 0 Å². The van der Waals surface area contributed by atoms with Crippen LogP contribution in [0.1, 0.15) is 22.5 Å².